The summed E-state index contributed by atoms with van der Waals surface area (Å²) in [5.74, 6) is 0.674. The zero-order valence-corrected chi connectivity index (χ0v) is 21.0. The Balaban J connectivity index is 1.81. The van der Waals surface area contributed by atoms with E-state index in [4.69, 9.17) is 4.74 Å². The summed E-state index contributed by atoms with van der Waals surface area (Å²) in [5, 5.41) is 2.98. The van der Waals surface area contributed by atoms with Crippen molar-refractivity contribution in [3.05, 3.63) is 53.1 Å². The molecule has 0 aliphatic carbocycles. The maximum Gasteiger partial charge on any atom is 0.242 e. The summed E-state index contributed by atoms with van der Waals surface area (Å²) in [4.78, 5) is 15.5. The van der Waals surface area contributed by atoms with Gasteiger partial charge in [-0.25, -0.2) is 12.7 Å². The Morgan fingerprint density at radius 3 is 2.45 bits per heavy atom. The number of hydrogen-bond donors (Lipinski definition) is 1. The van der Waals surface area contributed by atoms with Crippen LogP contribution in [0, 0.1) is 13.8 Å². The van der Waals surface area contributed by atoms with Crippen LogP contribution < -0.4 is 10.1 Å². The lowest BCUT2D eigenvalue weighted by Crippen LogP contribution is -2.36. The third-order valence-corrected chi connectivity index (χ3v) is 8.20. The van der Waals surface area contributed by atoms with Crippen LogP contribution >= 0.6 is 0 Å². The van der Waals surface area contributed by atoms with E-state index in [2.05, 4.69) is 22.3 Å². The van der Waals surface area contributed by atoms with Crippen LogP contribution in [-0.4, -0.2) is 57.8 Å². The number of nitrogens with zero attached hydrogens (tertiary/aromatic N) is 2. The smallest absolute Gasteiger partial charge is 0.242 e. The zero-order valence-electron chi connectivity index (χ0n) is 20.2. The third kappa shape index (κ3) is 5.93. The molecular formula is C25H35N3O4S. The monoisotopic (exact) mass is 473 g/mol. The van der Waals surface area contributed by atoms with Gasteiger partial charge in [0.15, 0.2) is 0 Å². The first kappa shape index (κ1) is 25.2. The number of carbonyl (C=O) groups excluding carboxylic acids is 1. The van der Waals surface area contributed by atoms with Crippen molar-refractivity contribution in [2.24, 2.45) is 0 Å². The number of carbonyl (C=O) groups is 1. The molecule has 0 saturated carbocycles. The number of benzene rings is 2. The molecule has 0 radical (unpaired) electrons. The Bertz CT molecular complexity index is 1080. The van der Waals surface area contributed by atoms with Crippen LogP contribution in [0.3, 0.4) is 0 Å². The van der Waals surface area contributed by atoms with Crippen molar-refractivity contribution >= 4 is 21.6 Å². The Hall–Kier alpha value is -2.42. The van der Waals surface area contributed by atoms with Crippen molar-refractivity contribution in [2.75, 3.05) is 39.6 Å². The van der Waals surface area contributed by atoms with Gasteiger partial charge in [0.2, 0.25) is 15.9 Å². The van der Waals surface area contributed by atoms with E-state index in [0.29, 0.717) is 5.69 Å². The highest BCUT2D eigenvalue weighted by atomic mass is 32.2. The lowest BCUT2D eigenvalue weighted by Gasteiger charge is -2.30. The molecule has 2 aromatic carbocycles. The molecule has 1 saturated heterocycles. The predicted molar refractivity (Wildman–Crippen MR) is 131 cm³/mol. The largest absolute Gasteiger partial charge is 0.497 e. The average Bonchev–Trinajstić information content (AvgIpc) is 3.02. The molecule has 0 aromatic heterocycles. The normalized spacial score (nSPS) is 17.6. The van der Waals surface area contributed by atoms with Gasteiger partial charge in [0, 0.05) is 25.8 Å². The molecule has 3 rings (SSSR count). The van der Waals surface area contributed by atoms with Crippen LogP contribution in [0.25, 0.3) is 0 Å². The van der Waals surface area contributed by atoms with Gasteiger partial charge >= 0.3 is 0 Å². The third-order valence-electron chi connectivity index (χ3n) is 6.40. The molecule has 0 unspecified atom stereocenters. The molecule has 1 aliphatic heterocycles. The van der Waals surface area contributed by atoms with Gasteiger partial charge < -0.3 is 10.1 Å². The van der Waals surface area contributed by atoms with E-state index in [9.17, 15) is 13.2 Å². The van der Waals surface area contributed by atoms with E-state index in [0.717, 1.165) is 49.1 Å². The van der Waals surface area contributed by atoms with Gasteiger partial charge in [-0.3, -0.25) is 9.69 Å². The Labute approximate surface area is 197 Å². The molecule has 1 N–H and O–H groups in total. The molecule has 8 heteroatoms. The summed E-state index contributed by atoms with van der Waals surface area (Å²) in [5.41, 5.74) is 3.40. The SMILES string of the molecule is COc1ccc([C@H]2CCCCCN2CC(=O)Nc2cc(S(=O)(=O)N(C)C)cc(C)c2C)cc1. The van der Waals surface area contributed by atoms with Crippen LogP contribution in [0.5, 0.6) is 5.75 Å². The molecule has 1 heterocycles. The highest BCUT2D eigenvalue weighted by Crippen LogP contribution is 2.31. The van der Waals surface area contributed by atoms with Crippen LogP contribution in [0.1, 0.15) is 48.4 Å². The first-order chi connectivity index (χ1) is 15.6. The lowest BCUT2D eigenvalue weighted by molar-refractivity contribution is -0.117. The molecule has 1 fully saturated rings. The summed E-state index contributed by atoms with van der Waals surface area (Å²) >= 11 is 0. The first-order valence-electron chi connectivity index (χ1n) is 11.3. The highest BCUT2D eigenvalue weighted by Gasteiger charge is 2.25. The van der Waals surface area contributed by atoms with Crippen LogP contribution in [0.4, 0.5) is 5.69 Å². The van der Waals surface area contributed by atoms with E-state index in [-0.39, 0.29) is 23.4 Å². The quantitative estimate of drug-likeness (QED) is 0.655. The fourth-order valence-corrected chi connectivity index (χ4v) is 5.26. The molecule has 33 heavy (non-hydrogen) atoms. The van der Waals surface area contributed by atoms with E-state index >= 15 is 0 Å². The van der Waals surface area contributed by atoms with E-state index in [1.54, 1.807) is 19.2 Å². The summed E-state index contributed by atoms with van der Waals surface area (Å²) in [6.07, 6.45) is 4.31. The van der Waals surface area contributed by atoms with Gasteiger partial charge in [-0.2, -0.15) is 0 Å². The summed E-state index contributed by atoms with van der Waals surface area (Å²) in [6.45, 7) is 4.84. The Morgan fingerprint density at radius 1 is 1.12 bits per heavy atom. The van der Waals surface area contributed by atoms with Gasteiger partial charge in [-0.05, 0) is 74.2 Å². The number of ether oxygens (including phenoxy) is 1. The van der Waals surface area contributed by atoms with Gasteiger partial charge in [0.05, 0.1) is 18.6 Å². The van der Waals surface area contributed by atoms with Crippen molar-refractivity contribution < 1.29 is 17.9 Å². The molecular weight excluding hydrogens is 438 g/mol. The topological polar surface area (TPSA) is 79.0 Å². The van der Waals surface area contributed by atoms with Gasteiger partial charge in [0.25, 0.3) is 0 Å². The molecule has 1 aliphatic rings. The number of hydrogen-bond acceptors (Lipinski definition) is 5. The summed E-state index contributed by atoms with van der Waals surface area (Å²) in [6, 6.07) is 11.4. The highest BCUT2D eigenvalue weighted by molar-refractivity contribution is 7.89. The zero-order chi connectivity index (χ0) is 24.2. The van der Waals surface area contributed by atoms with Crippen LogP contribution in [0.15, 0.2) is 41.3 Å². The summed E-state index contributed by atoms with van der Waals surface area (Å²) in [7, 11) is 1.06. The molecule has 180 valence electrons. The first-order valence-corrected chi connectivity index (χ1v) is 12.8. The number of sulfonamides is 1. The van der Waals surface area contributed by atoms with E-state index < -0.39 is 10.0 Å². The number of rotatable bonds is 7. The summed E-state index contributed by atoms with van der Waals surface area (Å²) < 4.78 is 31.7. The maximum atomic E-state index is 13.1. The number of methoxy groups -OCH3 is 1. The molecule has 1 amide bonds. The second kappa shape index (κ2) is 10.7. The number of aryl methyl sites for hydroxylation is 1. The van der Waals surface area contributed by atoms with Gasteiger partial charge in [-0.1, -0.05) is 25.0 Å². The van der Waals surface area contributed by atoms with Crippen molar-refractivity contribution in [3.8, 4) is 5.75 Å². The van der Waals surface area contributed by atoms with Crippen LogP contribution in [0.2, 0.25) is 0 Å². The second-order valence-electron chi connectivity index (χ2n) is 8.86. The van der Waals surface area contributed by atoms with Gasteiger partial charge in [-0.15, -0.1) is 0 Å². The Morgan fingerprint density at radius 2 is 1.82 bits per heavy atom. The number of nitrogens with one attached hydrogen (secondary N) is 1. The lowest BCUT2D eigenvalue weighted by atomic mass is 10.0. The van der Waals surface area contributed by atoms with Gasteiger partial charge in [0.1, 0.15) is 5.75 Å². The number of likely N-dealkylation sites (tertiary alicyclic amines) is 1. The maximum absolute atomic E-state index is 13.1. The molecule has 2 aromatic rings. The van der Waals surface area contributed by atoms with Crippen molar-refractivity contribution in [2.45, 2.75) is 50.5 Å². The molecule has 0 bridgehead atoms. The van der Waals surface area contributed by atoms with Crippen molar-refractivity contribution in [3.63, 3.8) is 0 Å². The number of amides is 1. The fourth-order valence-electron chi connectivity index (χ4n) is 4.25. The molecule has 0 spiro atoms. The molecule has 1 atom stereocenters. The average molecular weight is 474 g/mol. The minimum Gasteiger partial charge on any atom is -0.497 e. The van der Waals surface area contributed by atoms with Crippen molar-refractivity contribution in [1.82, 2.24) is 9.21 Å². The standard InChI is InChI=1S/C25H35N3O4S/c1-18-15-22(33(30,31)27(3)4)16-23(19(18)2)26-25(29)17-28-14-8-6-7-9-24(28)20-10-12-21(32-5)13-11-20/h10-13,15-16,24H,6-9,14,17H2,1-5H3,(H,26,29)/t24-/m1/s1. The van der Waals surface area contributed by atoms with E-state index in [1.165, 1.54) is 24.0 Å². The second-order valence-corrected chi connectivity index (χ2v) is 11.0. The minimum absolute atomic E-state index is 0.141. The minimum atomic E-state index is -3.60. The predicted octanol–water partition coefficient (Wildman–Crippen LogP) is 4.12. The van der Waals surface area contributed by atoms with Crippen molar-refractivity contribution in [1.29, 1.82) is 0 Å². The Kier molecular flexibility index (Phi) is 8.15. The van der Waals surface area contributed by atoms with E-state index in [1.807, 2.05) is 26.0 Å². The van der Waals surface area contributed by atoms with Crippen LogP contribution in [-0.2, 0) is 14.8 Å². The molecule has 7 nitrogen and oxygen atoms in total. The number of anilines is 1. The fraction of sp³-hybridized carbons (Fsp3) is 0.480.